The van der Waals surface area contributed by atoms with Crippen LogP contribution in [0, 0.1) is 0 Å². The first-order valence-electron chi connectivity index (χ1n) is 9.12. The van der Waals surface area contributed by atoms with Crippen LogP contribution in [0.2, 0.25) is 0 Å². The van der Waals surface area contributed by atoms with Gasteiger partial charge in [0.25, 0.3) is 0 Å². The molecule has 3 rings (SSSR count). The molecule has 1 aromatic carbocycles. The summed E-state index contributed by atoms with van der Waals surface area (Å²) in [5.74, 6) is 0. The van der Waals surface area contributed by atoms with Gasteiger partial charge in [-0.1, -0.05) is 19.9 Å². The molecule has 2 atom stereocenters. The van der Waals surface area contributed by atoms with Crippen molar-refractivity contribution in [2.24, 2.45) is 0 Å². The molecule has 1 N–H and O–H groups in total. The van der Waals surface area contributed by atoms with Gasteiger partial charge in [0.05, 0.1) is 18.8 Å². The van der Waals surface area contributed by atoms with Crippen LogP contribution in [0.5, 0.6) is 0 Å². The van der Waals surface area contributed by atoms with Crippen LogP contribution in [0.3, 0.4) is 0 Å². The predicted octanol–water partition coefficient (Wildman–Crippen LogP) is 2.75. The number of nitrogens with one attached hydrogen (secondary N) is 1. The Hall–Kier alpha value is -1.59. The molecule has 5 heteroatoms. The van der Waals surface area contributed by atoms with Gasteiger partial charge in [0.15, 0.2) is 0 Å². The lowest BCUT2D eigenvalue weighted by atomic mass is 9.99. The highest BCUT2D eigenvalue weighted by Crippen LogP contribution is 2.23. The first-order valence-corrected chi connectivity index (χ1v) is 9.12. The fourth-order valence-electron chi connectivity index (χ4n) is 3.81. The van der Waals surface area contributed by atoms with E-state index in [2.05, 4.69) is 43.2 Å². The van der Waals surface area contributed by atoms with E-state index < -0.39 is 0 Å². The quantitative estimate of drug-likeness (QED) is 0.926. The lowest BCUT2D eigenvalue weighted by molar-refractivity contribution is -0.0875. The third-order valence-electron chi connectivity index (χ3n) is 5.37. The molecule has 2 heterocycles. The van der Waals surface area contributed by atoms with Crippen LogP contribution in [0.4, 0.5) is 10.5 Å². The number of fused-ring (bicyclic) bond motifs is 1. The number of rotatable bonds is 3. The van der Waals surface area contributed by atoms with Crippen molar-refractivity contribution in [3.63, 3.8) is 0 Å². The van der Waals surface area contributed by atoms with E-state index in [0.717, 1.165) is 51.2 Å². The van der Waals surface area contributed by atoms with Gasteiger partial charge in [0.2, 0.25) is 0 Å². The van der Waals surface area contributed by atoms with E-state index in [1.807, 2.05) is 11.0 Å². The number of hydrogen-bond donors (Lipinski definition) is 1. The van der Waals surface area contributed by atoms with Gasteiger partial charge in [-0.3, -0.25) is 4.90 Å². The van der Waals surface area contributed by atoms with E-state index in [1.54, 1.807) is 0 Å². The number of likely N-dealkylation sites (N-methyl/N-ethyl adjacent to an activating group) is 1. The maximum Gasteiger partial charge on any atom is 0.321 e. The number of aryl methyl sites for hydroxylation is 2. The SMILES string of the molecule is CCc1ccc(NC(=O)N2CC[C@H]3OCCN(C)[C@H]3C2)cc1CC. The Balaban J connectivity index is 1.65. The van der Waals surface area contributed by atoms with Crippen LogP contribution in [0.15, 0.2) is 18.2 Å². The van der Waals surface area contributed by atoms with Crippen molar-refractivity contribution in [1.29, 1.82) is 0 Å². The number of carbonyl (C=O) groups excluding carboxylic acids is 1. The highest BCUT2D eigenvalue weighted by Gasteiger charge is 2.36. The minimum atomic E-state index is -0.00118. The number of morpholine rings is 1. The van der Waals surface area contributed by atoms with Crippen molar-refractivity contribution >= 4 is 11.7 Å². The molecule has 24 heavy (non-hydrogen) atoms. The molecule has 2 aliphatic heterocycles. The second-order valence-corrected chi connectivity index (χ2v) is 6.81. The van der Waals surface area contributed by atoms with Gasteiger partial charge in [0.1, 0.15) is 0 Å². The Morgan fingerprint density at radius 1 is 1.25 bits per heavy atom. The summed E-state index contributed by atoms with van der Waals surface area (Å²) in [6, 6.07) is 6.56. The van der Waals surface area contributed by atoms with Gasteiger partial charge in [0, 0.05) is 25.3 Å². The molecule has 132 valence electrons. The number of nitrogens with zero attached hydrogens (tertiary/aromatic N) is 2. The largest absolute Gasteiger partial charge is 0.375 e. The zero-order chi connectivity index (χ0) is 17.1. The standard InChI is InChI=1S/C19H29N3O2/c1-4-14-6-7-16(12-15(14)5-2)20-19(23)22-9-8-18-17(13-22)21(3)10-11-24-18/h6-7,12,17-18H,4-5,8-11,13H2,1-3H3,(H,20,23)/t17-,18+/m0/s1. The Kier molecular flexibility index (Phi) is 5.41. The molecular weight excluding hydrogens is 302 g/mol. The number of anilines is 1. The first kappa shape index (κ1) is 17.2. The molecule has 0 radical (unpaired) electrons. The molecule has 5 nitrogen and oxygen atoms in total. The van der Waals surface area contributed by atoms with Crippen molar-refractivity contribution in [1.82, 2.24) is 9.80 Å². The fourth-order valence-corrected chi connectivity index (χ4v) is 3.81. The number of benzene rings is 1. The summed E-state index contributed by atoms with van der Waals surface area (Å²) in [5.41, 5.74) is 3.57. The molecule has 0 aliphatic carbocycles. The van der Waals surface area contributed by atoms with Crippen LogP contribution in [-0.4, -0.2) is 61.3 Å². The minimum absolute atomic E-state index is 0.00118. The Morgan fingerprint density at radius 3 is 2.79 bits per heavy atom. The number of amides is 2. The van der Waals surface area contributed by atoms with Crippen LogP contribution in [0.25, 0.3) is 0 Å². The average molecular weight is 331 g/mol. The fraction of sp³-hybridized carbons (Fsp3) is 0.632. The molecule has 2 fully saturated rings. The predicted molar refractivity (Wildman–Crippen MR) is 96.6 cm³/mol. The van der Waals surface area contributed by atoms with E-state index in [9.17, 15) is 4.79 Å². The summed E-state index contributed by atoms with van der Waals surface area (Å²) in [6.07, 6.45) is 3.20. The van der Waals surface area contributed by atoms with Crippen LogP contribution in [-0.2, 0) is 17.6 Å². The van der Waals surface area contributed by atoms with Gasteiger partial charge < -0.3 is 15.0 Å². The lowest BCUT2D eigenvalue weighted by Crippen LogP contribution is -2.60. The summed E-state index contributed by atoms with van der Waals surface area (Å²) in [7, 11) is 2.12. The number of likely N-dealkylation sites (tertiary alicyclic amines) is 1. The molecule has 0 spiro atoms. The summed E-state index contributed by atoms with van der Waals surface area (Å²) in [5, 5.41) is 3.08. The zero-order valence-corrected chi connectivity index (χ0v) is 15.0. The number of urea groups is 1. The number of carbonyl (C=O) groups is 1. The summed E-state index contributed by atoms with van der Waals surface area (Å²) in [4.78, 5) is 16.9. The van der Waals surface area contributed by atoms with E-state index in [1.165, 1.54) is 11.1 Å². The van der Waals surface area contributed by atoms with Gasteiger partial charge in [-0.2, -0.15) is 0 Å². The van der Waals surface area contributed by atoms with Crippen molar-refractivity contribution in [2.75, 3.05) is 38.6 Å². The van der Waals surface area contributed by atoms with Gasteiger partial charge in [-0.15, -0.1) is 0 Å². The van der Waals surface area contributed by atoms with E-state index in [-0.39, 0.29) is 12.1 Å². The molecule has 0 unspecified atom stereocenters. The van der Waals surface area contributed by atoms with Crippen LogP contribution >= 0.6 is 0 Å². The maximum absolute atomic E-state index is 12.7. The molecule has 0 aromatic heterocycles. The minimum Gasteiger partial charge on any atom is -0.375 e. The van der Waals surface area contributed by atoms with Crippen LogP contribution in [0.1, 0.15) is 31.4 Å². The van der Waals surface area contributed by atoms with Gasteiger partial charge in [-0.05, 0) is 49.6 Å². The van der Waals surface area contributed by atoms with E-state index in [4.69, 9.17) is 4.74 Å². The highest BCUT2D eigenvalue weighted by atomic mass is 16.5. The highest BCUT2D eigenvalue weighted by molar-refractivity contribution is 5.89. The van der Waals surface area contributed by atoms with E-state index in [0.29, 0.717) is 6.04 Å². The molecule has 1 aromatic rings. The molecule has 2 aliphatic rings. The molecular formula is C19H29N3O2. The third-order valence-corrected chi connectivity index (χ3v) is 5.37. The van der Waals surface area contributed by atoms with Gasteiger partial charge in [-0.25, -0.2) is 4.79 Å². The van der Waals surface area contributed by atoms with Crippen molar-refractivity contribution in [3.05, 3.63) is 29.3 Å². The monoisotopic (exact) mass is 331 g/mol. The molecule has 2 saturated heterocycles. The second kappa shape index (κ2) is 7.53. The zero-order valence-electron chi connectivity index (χ0n) is 15.0. The topological polar surface area (TPSA) is 44.8 Å². The smallest absolute Gasteiger partial charge is 0.321 e. The first-order chi connectivity index (χ1) is 11.6. The van der Waals surface area contributed by atoms with E-state index >= 15 is 0 Å². The van der Waals surface area contributed by atoms with Crippen LogP contribution < -0.4 is 5.32 Å². The van der Waals surface area contributed by atoms with Crippen molar-refractivity contribution in [3.8, 4) is 0 Å². The molecule has 0 bridgehead atoms. The summed E-state index contributed by atoms with van der Waals surface area (Å²) >= 11 is 0. The lowest BCUT2D eigenvalue weighted by Gasteiger charge is -2.45. The maximum atomic E-state index is 12.7. The van der Waals surface area contributed by atoms with Crippen molar-refractivity contribution < 1.29 is 9.53 Å². The summed E-state index contributed by atoms with van der Waals surface area (Å²) in [6.45, 7) is 7.56. The normalized spacial score (nSPS) is 24.5. The summed E-state index contributed by atoms with van der Waals surface area (Å²) < 4.78 is 5.85. The third kappa shape index (κ3) is 3.57. The number of piperidine rings is 1. The molecule has 0 saturated carbocycles. The Bertz CT molecular complexity index is 590. The Morgan fingerprint density at radius 2 is 2.04 bits per heavy atom. The number of ether oxygens (including phenoxy) is 1. The second-order valence-electron chi connectivity index (χ2n) is 6.81. The van der Waals surface area contributed by atoms with Gasteiger partial charge >= 0.3 is 6.03 Å². The number of hydrogen-bond acceptors (Lipinski definition) is 3. The van der Waals surface area contributed by atoms with Crippen molar-refractivity contribution in [2.45, 2.75) is 45.3 Å². The average Bonchev–Trinajstić information content (AvgIpc) is 2.61. The Labute approximate surface area is 145 Å². The molecule has 2 amide bonds.